The lowest BCUT2D eigenvalue weighted by Crippen LogP contribution is -2.39. The lowest BCUT2D eigenvalue weighted by molar-refractivity contribution is -0.117. The predicted molar refractivity (Wildman–Crippen MR) is 108 cm³/mol. The number of carbonyl (C=O) groups is 1. The van der Waals surface area contributed by atoms with Crippen molar-refractivity contribution in [2.24, 2.45) is 5.14 Å². The molecule has 3 aromatic rings. The molecule has 3 aromatic carbocycles. The van der Waals surface area contributed by atoms with Gasteiger partial charge in [-0.2, -0.15) is 0 Å². The Hall–Kier alpha value is -2.90. The largest absolute Gasteiger partial charge is 0.363 e. The zero-order chi connectivity index (χ0) is 19.6. The number of nitrogens with zero attached hydrogens (tertiary/aromatic N) is 1. The average molecular weight is 383 g/mol. The number of rotatable bonds is 5. The number of carbonyl (C=O) groups excluding carboxylic acids is 1. The fraction of sp³-hybridized carbons (Fsp3) is 0.150. The molecule has 0 aliphatic heterocycles. The zero-order valence-corrected chi connectivity index (χ0v) is 15.9. The van der Waals surface area contributed by atoms with Crippen molar-refractivity contribution in [3.8, 4) is 0 Å². The summed E-state index contributed by atoms with van der Waals surface area (Å²) in [6, 6.07) is 19.4. The topological polar surface area (TPSA) is 92.5 Å². The summed E-state index contributed by atoms with van der Waals surface area (Å²) in [5, 5.41) is 10.1. The quantitative estimate of drug-likeness (QED) is 0.708. The molecule has 1 atom stereocenters. The summed E-state index contributed by atoms with van der Waals surface area (Å²) in [4.78, 5) is 14.4. The maximum atomic E-state index is 12.6. The van der Waals surface area contributed by atoms with E-state index in [4.69, 9.17) is 5.14 Å². The number of amides is 1. The van der Waals surface area contributed by atoms with E-state index in [1.807, 2.05) is 54.4 Å². The van der Waals surface area contributed by atoms with Crippen LogP contribution in [-0.2, 0) is 14.8 Å². The van der Waals surface area contributed by atoms with Crippen LogP contribution in [0, 0.1) is 0 Å². The molecule has 0 heterocycles. The van der Waals surface area contributed by atoms with Crippen LogP contribution in [0.15, 0.2) is 71.6 Å². The van der Waals surface area contributed by atoms with Crippen molar-refractivity contribution in [3.05, 3.63) is 66.7 Å². The van der Waals surface area contributed by atoms with Crippen LogP contribution in [0.25, 0.3) is 10.8 Å². The molecule has 6 nitrogen and oxygen atoms in total. The summed E-state index contributed by atoms with van der Waals surface area (Å²) in [6.45, 7) is 1.79. The maximum absolute atomic E-state index is 12.6. The number of anilines is 2. The van der Waals surface area contributed by atoms with Gasteiger partial charge in [0.15, 0.2) is 0 Å². The second-order valence-electron chi connectivity index (χ2n) is 6.38. The Kier molecular flexibility index (Phi) is 5.16. The van der Waals surface area contributed by atoms with E-state index >= 15 is 0 Å². The molecular formula is C20H21N3O3S. The third-order valence-corrected chi connectivity index (χ3v) is 5.44. The first kappa shape index (κ1) is 18.9. The Labute approximate surface area is 158 Å². The SMILES string of the molecule is CC(C(=O)Nc1cccc(S(N)(=O)=O)c1)N(C)c1ccc2ccccc2c1. The molecule has 7 heteroatoms. The van der Waals surface area contributed by atoms with Crippen LogP contribution in [-0.4, -0.2) is 27.4 Å². The molecule has 0 spiro atoms. The van der Waals surface area contributed by atoms with E-state index in [0.29, 0.717) is 5.69 Å². The lowest BCUT2D eigenvalue weighted by Gasteiger charge is -2.26. The van der Waals surface area contributed by atoms with Gasteiger partial charge >= 0.3 is 0 Å². The Bertz CT molecular complexity index is 1100. The number of nitrogens with one attached hydrogen (secondary N) is 1. The van der Waals surface area contributed by atoms with Crippen LogP contribution >= 0.6 is 0 Å². The molecule has 140 valence electrons. The van der Waals surface area contributed by atoms with Gasteiger partial charge in [-0.1, -0.05) is 36.4 Å². The van der Waals surface area contributed by atoms with Gasteiger partial charge in [-0.25, -0.2) is 13.6 Å². The minimum Gasteiger partial charge on any atom is -0.363 e. The van der Waals surface area contributed by atoms with E-state index < -0.39 is 16.1 Å². The Balaban J connectivity index is 1.78. The van der Waals surface area contributed by atoms with Gasteiger partial charge in [0.2, 0.25) is 15.9 Å². The average Bonchev–Trinajstić information content (AvgIpc) is 2.66. The van der Waals surface area contributed by atoms with Crippen LogP contribution in [0.4, 0.5) is 11.4 Å². The molecule has 0 radical (unpaired) electrons. The highest BCUT2D eigenvalue weighted by Crippen LogP contribution is 2.23. The number of fused-ring (bicyclic) bond motifs is 1. The number of hydrogen-bond donors (Lipinski definition) is 2. The van der Waals surface area contributed by atoms with Crippen molar-refractivity contribution in [1.82, 2.24) is 0 Å². The third-order valence-electron chi connectivity index (χ3n) is 4.53. The maximum Gasteiger partial charge on any atom is 0.246 e. The monoisotopic (exact) mass is 383 g/mol. The number of likely N-dealkylation sites (N-methyl/N-ethyl adjacent to an activating group) is 1. The molecule has 0 fully saturated rings. The summed E-state index contributed by atoms with van der Waals surface area (Å²) in [5.74, 6) is -0.253. The Morgan fingerprint density at radius 2 is 1.70 bits per heavy atom. The summed E-state index contributed by atoms with van der Waals surface area (Å²) >= 11 is 0. The first-order valence-electron chi connectivity index (χ1n) is 8.41. The first-order valence-corrected chi connectivity index (χ1v) is 9.96. The van der Waals surface area contributed by atoms with Gasteiger partial charge < -0.3 is 10.2 Å². The lowest BCUT2D eigenvalue weighted by atomic mass is 10.1. The molecule has 0 aliphatic rings. The molecule has 0 bridgehead atoms. The van der Waals surface area contributed by atoms with Gasteiger partial charge in [0, 0.05) is 18.4 Å². The summed E-state index contributed by atoms with van der Waals surface area (Å²) in [6.07, 6.45) is 0. The molecule has 0 saturated carbocycles. The van der Waals surface area contributed by atoms with E-state index in [-0.39, 0.29) is 10.8 Å². The minimum absolute atomic E-state index is 0.0455. The van der Waals surface area contributed by atoms with E-state index in [1.165, 1.54) is 18.2 Å². The van der Waals surface area contributed by atoms with E-state index in [0.717, 1.165) is 16.5 Å². The number of nitrogens with two attached hydrogens (primary N) is 1. The van der Waals surface area contributed by atoms with Gasteiger partial charge in [0.05, 0.1) is 4.90 Å². The Morgan fingerprint density at radius 3 is 2.41 bits per heavy atom. The smallest absolute Gasteiger partial charge is 0.246 e. The fourth-order valence-corrected chi connectivity index (χ4v) is 3.35. The van der Waals surface area contributed by atoms with Crippen molar-refractivity contribution in [2.75, 3.05) is 17.3 Å². The summed E-state index contributed by atoms with van der Waals surface area (Å²) < 4.78 is 22.9. The first-order chi connectivity index (χ1) is 12.8. The standard InChI is InChI=1S/C20H21N3O3S/c1-14(20(24)22-17-8-5-9-19(13-17)27(21,25)26)23(2)18-11-10-15-6-3-4-7-16(15)12-18/h3-14H,1-2H3,(H,22,24)(H2,21,25,26). The molecule has 3 N–H and O–H groups in total. The predicted octanol–water partition coefficient (Wildman–Crippen LogP) is 2.95. The summed E-state index contributed by atoms with van der Waals surface area (Å²) in [7, 11) is -1.98. The van der Waals surface area contributed by atoms with Crippen LogP contribution in [0.2, 0.25) is 0 Å². The van der Waals surface area contributed by atoms with E-state index in [9.17, 15) is 13.2 Å². The van der Waals surface area contributed by atoms with Crippen molar-refractivity contribution in [3.63, 3.8) is 0 Å². The van der Waals surface area contributed by atoms with E-state index in [2.05, 4.69) is 5.32 Å². The van der Waals surface area contributed by atoms with Gasteiger partial charge in [0.25, 0.3) is 0 Å². The van der Waals surface area contributed by atoms with Crippen molar-refractivity contribution >= 4 is 38.1 Å². The highest BCUT2D eigenvalue weighted by atomic mass is 32.2. The molecule has 1 unspecified atom stereocenters. The normalized spacial score (nSPS) is 12.6. The number of primary sulfonamides is 1. The zero-order valence-electron chi connectivity index (χ0n) is 15.1. The third kappa shape index (κ3) is 4.27. The molecule has 27 heavy (non-hydrogen) atoms. The second-order valence-corrected chi connectivity index (χ2v) is 7.94. The number of hydrogen-bond acceptors (Lipinski definition) is 4. The van der Waals surface area contributed by atoms with Crippen molar-refractivity contribution < 1.29 is 13.2 Å². The Morgan fingerprint density at radius 1 is 1.00 bits per heavy atom. The second kappa shape index (κ2) is 7.38. The highest BCUT2D eigenvalue weighted by Gasteiger charge is 2.19. The summed E-state index contributed by atoms with van der Waals surface area (Å²) in [5.41, 5.74) is 1.29. The fourth-order valence-electron chi connectivity index (χ4n) is 2.79. The van der Waals surface area contributed by atoms with Crippen molar-refractivity contribution in [1.29, 1.82) is 0 Å². The molecule has 0 aliphatic carbocycles. The van der Waals surface area contributed by atoms with Gasteiger partial charge in [0.1, 0.15) is 6.04 Å². The number of sulfonamides is 1. The van der Waals surface area contributed by atoms with Crippen LogP contribution < -0.4 is 15.4 Å². The van der Waals surface area contributed by atoms with Crippen LogP contribution in [0.1, 0.15) is 6.92 Å². The molecular weight excluding hydrogens is 362 g/mol. The van der Waals surface area contributed by atoms with Gasteiger partial charge in [-0.05, 0) is 48.0 Å². The van der Waals surface area contributed by atoms with E-state index in [1.54, 1.807) is 13.0 Å². The van der Waals surface area contributed by atoms with Crippen molar-refractivity contribution in [2.45, 2.75) is 17.9 Å². The van der Waals surface area contributed by atoms with Gasteiger partial charge in [-0.3, -0.25) is 4.79 Å². The van der Waals surface area contributed by atoms with Gasteiger partial charge in [-0.15, -0.1) is 0 Å². The minimum atomic E-state index is -3.82. The molecule has 3 rings (SSSR count). The van der Waals surface area contributed by atoms with Crippen LogP contribution in [0.3, 0.4) is 0 Å². The number of benzene rings is 3. The highest BCUT2D eigenvalue weighted by molar-refractivity contribution is 7.89. The molecule has 0 saturated heterocycles. The van der Waals surface area contributed by atoms with Crippen LogP contribution in [0.5, 0.6) is 0 Å². The molecule has 1 amide bonds. The molecule has 0 aromatic heterocycles.